The van der Waals surface area contributed by atoms with Crippen LogP contribution in [-0.2, 0) is 0 Å². The molecule has 3 heteroatoms. The third-order valence-corrected chi connectivity index (χ3v) is 3.53. The van der Waals surface area contributed by atoms with Crippen molar-refractivity contribution in [1.82, 2.24) is 0 Å². The Kier molecular flexibility index (Phi) is 4.05. The molecule has 0 bridgehead atoms. The second-order valence-electron chi connectivity index (χ2n) is 3.87. The van der Waals surface area contributed by atoms with Crippen molar-refractivity contribution in [2.75, 3.05) is 11.5 Å². The summed E-state index contributed by atoms with van der Waals surface area (Å²) in [5, 5.41) is 0. The molecule has 0 fully saturated rings. The van der Waals surface area contributed by atoms with E-state index in [0.29, 0.717) is 16.8 Å². The van der Waals surface area contributed by atoms with E-state index in [1.54, 1.807) is 23.9 Å². The molecule has 0 radical (unpaired) electrons. The van der Waals surface area contributed by atoms with Gasteiger partial charge in [0.2, 0.25) is 0 Å². The highest BCUT2D eigenvalue weighted by Crippen LogP contribution is 2.20. The first kappa shape index (κ1) is 12.7. The summed E-state index contributed by atoms with van der Waals surface area (Å²) in [6, 6.07) is 14.8. The lowest BCUT2D eigenvalue weighted by atomic mass is 10.0. The van der Waals surface area contributed by atoms with Crippen LogP contribution < -0.4 is 5.73 Å². The minimum atomic E-state index is -0.0267. The van der Waals surface area contributed by atoms with Gasteiger partial charge in [0.1, 0.15) is 0 Å². The van der Waals surface area contributed by atoms with Crippen LogP contribution >= 0.6 is 11.8 Å². The van der Waals surface area contributed by atoms with E-state index in [0.717, 1.165) is 5.75 Å². The molecule has 0 unspecified atom stereocenters. The summed E-state index contributed by atoms with van der Waals surface area (Å²) in [5.74, 6) is 1.000. The van der Waals surface area contributed by atoms with Gasteiger partial charge in [0.15, 0.2) is 5.78 Å². The monoisotopic (exact) mass is 257 g/mol. The predicted molar refractivity (Wildman–Crippen MR) is 77.1 cm³/mol. The number of nitrogen functional groups attached to an aromatic ring is 1. The number of para-hydroxylation sites is 1. The minimum Gasteiger partial charge on any atom is -0.398 e. The highest BCUT2D eigenvalue weighted by molar-refractivity contribution is 7.99. The summed E-state index contributed by atoms with van der Waals surface area (Å²) < 4.78 is 0. The van der Waals surface area contributed by atoms with E-state index in [-0.39, 0.29) is 5.78 Å². The van der Waals surface area contributed by atoms with Crippen molar-refractivity contribution in [3.63, 3.8) is 0 Å². The Morgan fingerprint density at radius 2 is 1.78 bits per heavy atom. The van der Waals surface area contributed by atoms with E-state index in [1.165, 1.54) is 4.90 Å². The van der Waals surface area contributed by atoms with E-state index in [4.69, 9.17) is 5.73 Å². The molecule has 2 N–H and O–H groups in total. The smallest absolute Gasteiger partial charge is 0.195 e. The molecule has 0 amide bonds. The van der Waals surface area contributed by atoms with E-state index < -0.39 is 0 Å². The fraction of sp³-hybridized carbons (Fsp3) is 0.133. The van der Waals surface area contributed by atoms with E-state index >= 15 is 0 Å². The fourth-order valence-corrected chi connectivity index (χ4v) is 2.39. The molecule has 2 nitrogen and oxygen atoms in total. The molecule has 0 aliphatic rings. The van der Waals surface area contributed by atoms with Gasteiger partial charge < -0.3 is 5.73 Å². The fourth-order valence-electron chi connectivity index (χ4n) is 1.73. The third-order valence-electron chi connectivity index (χ3n) is 2.63. The Balaban J connectivity index is 2.27. The van der Waals surface area contributed by atoms with Crippen molar-refractivity contribution in [3.8, 4) is 0 Å². The molecule has 0 aromatic heterocycles. The Labute approximate surface area is 111 Å². The lowest BCUT2D eigenvalue weighted by Gasteiger charge is -2.05. The zero-order chi connectivity index (χ0) is 13.0. The molecule has 0 saturated carbocycles. The van der Waals surface area contributed by atoms with Crippen molar-refractivity contribution in [3.05, 3.63) is 59.7 Å². The molecule has 0 saturated heterocycles. The minimum absolute atomic E-state index is 0.0267. The normalized spacial score (nSPS) is 10.3. The Bertz CT molecular complexity index is 549. The highest BCUT2D eigenvalue weighted by Gasteiger charge is 2.11. The average molecular weight is 257 g/mol. The van der Waals surface area contributed by atoms with Crippen LogP contribution in [0.1, 0.15) is 22.8 Å². The lowest BCUT2D eigenvalue weighted by molar-refractivity contribution is 0.103. The first-order valence-electron chi connectivity index (χ1n) is 5.84. The molecule has 0 aliphatic heterocycles. The summed E-state index contributed by atoms with van der Waals surface area (Å²) in [5.41, 5.74) is 7.57. The zero-order valence-corrected chi connectivity index (χ0v) is 11.0. The predicted octanol–water partition coefficient (Wildman–Crippen LogP) is 3.61. The number of rotatable bonds is 4. The van der Waals surface area contributed by atoms with Gasteiger partial charge in [-0.15, -0.1) is 11.8 Å². The topological polar surface area (TPSA) is 43.1 Å². The maximum absolute atomic E-state index is 12.2. The average Bonchev–Trinajstić information content (AvgIpc) is 2.40. The quantitative estimate of drug-likeness (QED) is 0.517. The maximum Gasteiger partial charge on any atom is 0.195 e. The number of carbonyl (C=O) groups is 1. The van der Waals surface area contributed by atoms with Crippen LogP contribution in [0.3, 0.4) is 0 Å². The molecule has 2 aromatic carbocycles. The molecular formula is C15H15NOS. The Morgan fingerprint density at radius 1 is 1.11 bits per heavy atom. The first-order chi connectivity index (χ1) is 8.72. The Hall–Kier alpha value is -1.74. The van der Waals surface area contributed by atoms with Gasteiger partial charge in [0.25, 0.3) is 0 Å². The summed E-state index contributed by atoms with van der Waals surface area (Å²) in [6.45, 7) is 2.11. The van der Waals surface area contributed by atoms with Crippen molar-refractivity contribution in [2.45, 2.75) is 11.8 Å². The van der Waals surface area contributed by atoms with Crippen molar-refractivity contribution in [1.29, 1.82) is 0 Å². The van der Waals surface area contributed by atoms with Crippen molar-refractivity contribution >= 4 is 23.2 Å². The van der Waals surface area contributed by atoms with Gasteiger partial charge in [-0.05, 0) is 42.2 Å². The number of carbonyl (C=O) groups excluding carboxylic acids is 1. The summed E-state index contributed by atoms with van der Waals surface area (Å²) in [6.07, 6.45) is 0. The largest absolute Gasteiger partial charge is 0.398 e. The standard InChI is InChI=1S/C15H15NOS/c1-2-18-12-9-7-11(8-10-12)15(17)13-5-3-4-6-14(13)16/h3-10H,2,16H2,1H3. The van der Waals surface area contributed by atoms with Gasteiger partial charge in [0, 0.05) is 21.7 Å². The van der Waals surface area contributed by atoms with E-state index in [1.807, 2.05) is 36.4 Å². The zero-order valence-electron chi connectivity index (χ0n) is 10.2. The van der Waals surface area contributed by atoms with Crippen LogP contribution in [0.2, 0.25) is 0 Å². The van der Waals surface area contributed by atoms with Gasteiger partial charge in [-0.3, -0.25) is 4.79 Å². The highest BCUT2D eigenvalue weighted by atomic mass is 32.2. The van der Waals surface area contributed by atoms with Gasteiger partial charge in [-0.1, -0.05) is 19.1 Å². The van der Waals surface area contributed by atoms with Crippen molar-refractivity contribution < 1.29 is 4.79 Å². The SMILES string of the molecule is CCSc1ccc(C(=O)c2ccccc2N)cc1. The van der Waals surface area contributed by atoms with Gasteiger partial charge in [-0.25, -0.2) is 0 Å². The van der Waals surface area contributed by atoms with Crippen LogP contribution in [0.5, 0.6) is 0 Å². The number of anilines is 1. The molecule has 0 heterocycles. The molecule has 92 valence electrons. The second kappa shape index (κ2) is 5.74. The number of nitrogens with two attached hydrogens (primary N) is 1. The molecule has 0 atom stereocenters. The molecule has 0 spiro atoms. The summed E-state index contributed by atoms with van der Waals surface area (Å²) in [7, 11) is 0. The number of hydrogen-bond acceptors (Lipinski definition) is 3. The van der Waals surface area contributed by atoms with E-state index in [9.17, 15) is 4.79 Å². The van der Waals surface area contributed by atoms with Crippen LogP contribution in [-0.4, -0.2) is 11.5 Å². The van der Waals surface area contributed by atoms with E-state index in [2.05, 4.69) is 6.92 Å². The molecule has 0 aliphatic carbocycles. The molecule has 2 aromatic rings. The van der Waals surface area contributed by atoms with Gasteiger partial charge in [-0.2, -0.15) is 0 Å². The van der Waals surface area contributed by atoms with Crippen LogP contribution in [0, 0.1) is 0 Å². The third kappa shape index (κ3) is 2.74. The molecular weight excluding hydrogens is 242 g/mol. The van der Waals surface area contributed by atoms with Crippen LogP contribution in [0.4, 0.5) is 5.69 Å². The van der Waals surface area contributed by atoms with Crippen molar-refractivity contribution in [2.24, 2.45) is 0 Å². The van der Waals surface area contributed by atoms with Crippen LogP contribution in [0.25, 0.3) is 0 Å². The number of benzene rings is 2. The molecule has 2 rings (SSSR count). The number of hydrogen-bond donors (Lipinski definition) is 1. The Morgan fingerprint density at radius 3 is 2.39 bits per heavy atom. The first-order valence-corrected chi connectivity index (χ1v) is 6.83. The van der Waals surface area contributed by atoms with Gasteiger partial charge in [0.05, 0.1) is 0 Å². The van der Waals surface area contributed by atoms with Crippen LogP contribution in [0.15, 0.2) is 53.4 Å². The number of thioether (sulfide) groups is 1. The summed E-state index contributed by atoms with van der Waals surface area (Å²) >= 11 is 1.76. The molecule has 18 heavy (non-hydrogen) atoms. The summed E-state index contributed by atoms with van der Waals surface area (Å²) in [4.78, 5) is 13.4. The number of ketones is 1. The second-order valence-corrected chi connectivity index (χ2v) is 5.21. The van der Waals surface area contributed by atoms with Gasteiger partial charge >= 0.3 is 0 Å². The maximum atomic E-state index is 12.2. The lowest BCUT2D eigenvalue weighted by Crippen LogP contribution is -2.04.